The molecule has 0 spiro atoms. The fraction of sp³-hybridized carbons (Fsp3) is 0.176. The Kier molecular flexibility index (Phi) is 4.29. The molecular formula is C17H14N2O4. The molecule has 0 saturated heterocycles. The number of rotatable bonds is 4. The van der Waals surface area contributed by atoms with Crippen LogP contribution in [0.1, 0.15) is 11.3 Å². The number of nitrogens with zero attached hydrogens (tertiary/aromatic N) is 1. The van der Waals surface area contributed by atoms with E-state index in [1.54, 1.807) is 30.3 Å². The van der Waals surface area contributed by atoms with Gasteiger partial charge in [-0.2, -0.15) is 5.26 Å². The maximum absolute atomic E-state index is 12.1. The second-order valence-corrected chi connectivity index (χ2v) is 4.83. The molecule has 2 aromatic rings. The number of hydrogen-bond donors (Lipinski definition) is 1. The van der Waals surface area contributed by atoms with Gasteiger partial charge in [0.15, 0.2) is 11.5 Å². The molecule has 0 unspecified atom stereocenters. The SMILES string of the molecule is N#C/C(=C\c1ccc2c(c1)OCCO2)C(=O)NCc1ccco1. The highest BCUT2D eigenvalue weighted by atomic mass is 16.6. The van der Waals surface area contributed by atoms with Crippen molar-refractivity contribution in [2.75, 3.05) is 13.2 Å². The van der Waals surface area contributed by atoms with Gasteiger partial charge in [-0.1, -0.05) is 6.07 Å². The van der Waals surface area contributed by atoms with Crippen LogP contribution in [0.5, 0.6) is 11.5 Å². The van der Waals surface area contributed by atoms with Gasteiger partial charge < -0.3 is 19.2 Å². The van der Waals surface area contributed by atoms with E-state index in [0.717, 1.165) is 0 Å². The Morgan fingerprint density at radius 2 is 2.09 bits per heavy atom. The average Bonchev–Trinajstić information content (AvgIpc) is 3.11. The van der Waals surface area contributed by atoms with Gasteiger partial charge in [-0.05, 0) is 35.9 Å². The summed E-state index contributed by atoms with van der Waals surface area (Å²) in [5, 5.41) is 11.8. The second kappa shape index (κ2) is 6.71. The maximum atomic E-state index is 12.1. The molecule has 0 aliphatic carbocycles. The van der Waals surface area contributed by atoms with E-state index in [1.807, 2.05) is 6.07 Å². The fourth-order valence-corrected chi connectivity index (χ4v) is 2.14. The zero-order chi connectivity index (χ0) is 16.1. The first-order valence-electron chi connectivity index (χ1n) is 7.08. The number of ether oxygens (including phenoxy) is 2. The van der Waals surface area contributed by atoms with Gasteiger partial charge in [0.05, 0.1) is 12.8 Å². The summed E-state index contributed by atoms with van der Waals surface area (Å²) in [7, 11) is 0. The topological polar surface area (TPSA) is 84.5 Å². The summed E-state index contributed by atoms with van der Waals surface area (Å²) < 4.78 is 16.1. The minimum absolute atomic E-state index is 0.00762. The molecule has 116 valence electrons. The molecule has 23 heavy (non-hydrogen) atoms. The third-order valence-corrected chi connectivity index (χ3v) is 3.25. The van der Waals surface area contributed by atoms with Crippen molar-refractivity contribution in [1.29, 1.82) is 5.26 Å². The lowest BCUT2D eigenvalue weighted by Crippen LogP contribution is -2.23. The van der Waals surface area contributed by atoms with Crippen molar-refractivity contribution in [3.8, 4) is 17.6 Å². The van der Waals surface area contributed by atoms with E-state index in [4.69, 9.17) is 13.9 Å². The Morgan fingerprint density at radius 3 is 2.83 bits per heavy atom. The highest BCUT2D eigenvalue weighted by Gasteiger charge is 2.13. The number of nitrogens with one attached hydrogen (secondary N) is 1. The molecule has 1 N–H and O–H groups in total. The summed E-state index contributed by atoms with van der Waals surface area (Å²) in [4.78, 5) is 12.1. The van der Waals surface area contributed by atoms with Crippen LogP contribution in [0.3, 0.4) is 0 Å². The van der Waals surface area contributed by atoms with Crippen LogP contribution in [0.4, 0.5) is 0 Å². The van der Waals surface area contributed by atoms with Gasteiger partial charge >= 0.3 is 0 Å². The molecule has 1 aromatic heterocycles. The van der Waals surface area contributed by atoms with E-state index < -0.39 is 5.91 Å². The van der Waals surface area contributed by atoms with Crippen LogP contribution >= 0.6 is 0 Å². The normalized spacial score (nSPS) is 13.3. The molecule has 1 aliphatic rings. The Hall–Kier alpha value is -3.20. The van der Waals surface area contributed by atoms with Gasteiger partial charge in [-0.25, -0.2) is 0 Å². The Morgan fingerprint density at radius 1 is 1.26 bits per heavy atom. The van der Waals surface area contributed by atoms with Crippen LogP contribution < -0.4 is 14.8 Å². The van der Waals surface area contributed by atoms with Gasteiger partial charge in [0.25, 0.3) is 5.91 Å². The quantitative estimate of drug-likeness (QED) is 0.692. The molecule has 0 fully saturated rings. The molecule has 1 aliphatic heterocycles. The van der Waals surface area contributed by atoms with Crippen molar-refractivity contribution in [1.82, 2.24) is 5.32 Å². The Bertz CT molecular complexity index is 772. The maximum Gasteiger partial charge on any atom is 0.262 e. The number of carbonyl (C=O) groups is 1. The fourth-order valence-electron chi connectivity index (χ4n) is 2.14. The van der Waals surface area contributed by atoms with Crippen molar-refractivity contribution >= 4 is 12.0 Å². The summed E-state index contributed by atoms with van der Waals surface area (Å²) in [5.41, 5.74) is 0.701. The lowest BCUT2D eigenvalue weighted by atomic mass is 10.1. The van der Waals surface area contributed by atoms with Gasteiger partial charge in [-0.3, -0.25) is 4.79 Å². The van der Waals surface area contributed by atoms with Crippen LogP contribution in [-0.2, 0) is 11.3 Å². The zero-order valence-corrected chi connectivity index (χ0v) is 12.2. The van der Waals surface area contributed by atoms with Crippen molar-refractivity contribution in [3.05, 3.63) is 53.5 Å². The first-order valence-corrected chi connectivity index (χ1v) is 7.08. The molecule has 0 saturated carbocycles. The van der Waals surface area contributed by atoms with Crippen LogP contribution in [0.25, 0.3) is 6.08 Å². The van der Waals surface area contributed by atoms with E-state index in [0.29, 0.717) is 36.0 Å². The van der Waals surface area contributed by atoms with E-state index >= 15 is 0 Å². The standard InChI is InChI=1S/C17H14N2O4/c18-10-13(17(20)19-11-14-2-1-5-21-14)8-12-3-4-15-16(9-12)23-7-6-22-15/h1-5,8-9H,6-7,11H2,(H,19,20)/b13-8+. The largest absolute Gasteiger partial charge is 0.486 e. The number of nitriles is 1. The number of hydrogen-bond acceptors (Lipinski definition) is 5. The Labute approximate surface area is 132 Å². The first-order chi connectivity index (χ1) is 11.3. The number of carbonyl (C=O) groups excluding carboxylic acids is 1. The summed E-state index contributed by atoms with van der Waals surface area (Å²) in [6, 6.07) is 10.7. The molecule has 1 aromatic carbocycles. The van der Waals surface area contributed by atoms with E-state index in [2.05, 4.69) is 5.32 Å². The van der Waals surface area contributed by atoms with Crippen LogP contribution in [0.2, 0.25) is 0 Å². The lowest BCUT2D eigenvalue weighted by Gasteiger charge is -2.18. The van der Waals surface area contributed by atoms with Gasteiger partial charge in [0.1, 0.15) is 30.6 Å². The third kappa shape index (κ3) is 3.52. The molecule has 6 nitrogen and oxygen atoms in total. The van der Waals surface area contributed by atoms with E-state index in [9.17, 15) is 10.1 Å². The van der Waals surface area contributed by atoms with Crippen molar-refractivity contribution in [2.24, 2.45) is 0 Å². The van der Waals surface area contributed by atoms with Crippen LogP contribution in [-0.4, -0.2) is 19.1 Å². The van der Waals surface area contributed by atoms with E-state index in [1.165, 1.54) is 12.3 Å². The predicted octanol–water partition coefficient (Wildman–Crippen LogP) is 2.27. The second-order valence-electron chi connectivity index (χ2n) is 4.83. The number of benzene rings is 1. The van der Waals surface area contributed by atoms with Crippen LogP contribution in [0, 0.1) is 11.3 Å². The number of fused-ring (bicyclic) bond motifs is 1. The summed E-state index contributed by atoms with van der Waals surface area (Å²) in [6.45, 7) is 1.22. The molecule has 6 heteroatoms. The third-order valence-electron chi connectivity index (χ3n) is 3.25. The average molecular weight is 310 g/mol. The molecule has 3 rings (SSSR count). The highest BCUT2D eigenvalue weighted by Crippen LogP contribution is 2.31. The predicted molar refractivity (Wildman–Crippen MR) is 81.6 cm³/mol. The first kappa shape index (κ1) is 14.7. The highest BCUT2D eigenvalue weighted by molar-refractivity contribution is 6.01. The Balaban J connectivity index is 1.73. The summed E-state index contributed by atoms with van der Waals surface area (Å²) in [5.74, 6) is 1.43. The molecular weight excluding hydrogens is 296 g/mol. The molecule has 0 radical (unpaired) electrons. The number of furan rings is 1. The van der Waals surface area contributed by atoms with Gasteiger partial charge in [0, 0.05) is 0 Å². The zero-order valence-electron chi connectivity index (χ0n) is 12.2. The molecule has 1 amide bonds. The number of amides is 1. The molecule has 0 bridgehead atoms. The monoisotopic (exact) mass is 310 g/mol. The van der Waals surface area contributed by atoms with Crippen molar-refractivity contribution in [3.63, 3.8) is 0 Å². The molecule has 0 atom stereocenters. The minimum Gasteiger partial charge on any atom is -0.486 e. The smallest absolute Gasteiger partial charge is 0.262 e. The lowest BCUT2D eigenvalue weighted by molar-refractivity contribution is -0.117. The molecule has 2 heterocycles. The summed E-state index contributed by atoms with van der Waals surface area (Å²) >= 11 is 0. The van der Waals surface area contributed by atoms with Crippen LogP contribution in [0.15, 0.2) is 46.6 Å². The summed E-state index contributed by atoms with van der Waals surface area (Å²) in [6.07, 6.45) is 3.04. The van der Waals surface area contributed by atoms with Gasteiger partial charge in [0.2, 0.25) is 0 Å². The minimum atomic E-state index is -0.459. The van der Waals surface area contributed by atoms with Crippen molar-refractivity contribution in [2.45, 2.75) is 6.54 Å². The van der Waals surface area contributed by atoms with Crippen molar-refractivity contribution < 1.29 is 18.7 Å². The van der Waals surface area contributed by atoms with E-state index in [-0.39, 0.29) is 12.1 Å². The van der Waals surface area contributed by atoms with Gasteiger partial charge in [-0.15, -0.1) is 0 Å².